The third-order valence-electron chi connectivity index (χ3n) is 4.61. The molecule has 0 aliphatic carbocycles. The van der Waals surface area contributed by atoms with Crippen LogP contribution >= 0.6 is 11.8 Å². The van der Waals surface area contributed by atoms with Crippen LogP contribution in [0.4, 0.5) is 18.9 Å². The number of benzene rings is 2. The third-order valence-corrected chi connectivity index (χ3v) is 5.59. The summed E-state index contributed by atoms with van der Waals surface area (Å²) in [7, 11) is 0. The molecule has 1 heterocycles. The van der Waals surface area contributed by atoms with Crippen LogP contribution in [-0.4, -0.2) is 33.9 Å². The molecule has 0 atom stereocenters. The Morgan fingerprint density at radius 1 is 1.18 bits per heavy atom. The fraction of sp³-hybridized carbons (Fsp3) is 0.348. The lowest BCUT2D eigenvalue weighted by atomic mass is 10.2. The molecule has 33 heavy (non-hydrogen) atoms. The molecule has 0 radical (unpaired) electrons. The number of anilines is 1. The molecule has 0 saturated carbocycles. The number of aromatic nitrogens is 2. The van der Waals surface area contributed by atoms with Gasteiger partial charge in [-0.25, -0.2) is 4.98 Å². The lowest BCUT2D eigenvalue weighted by Crippen LogP contribution is -2.25. The molecule has 0 spiro atoms. The third kappa shape index (κ3) is 6.82. The predicted molar refractivity (Wildman–Crippen MR) is 123 cm³/mol. The highest BCUT2D eigenvalue weighted by molar-refractivity contribution is 7.99. The van der Waals surface area contributed by atoms with Gasteiger partial charge in [-0.15, -0.1) is 0 Å². The molecule has 1 N–H and O–H groups in total. The molecule has 0 aliphatic rings. The Labute approximate surface area is 193 Å². The van der Waals surface area contributed by atoms with Crippen molar-refractivity contribution in [1.82, 2.24) is 9.55 Å². The second kappa shape index (κ2) is 10.8. The number of hydrogen-bond donors (Lipinski definition) is 1. The van der Waals surface area contributed by atoms with Gasteiger partial charge in [0.1, 0.15) is 0 Å². The van der Waals surface area contributed by atoms with Crippen molar-refractivity contribution in [3.05, 3.63) is 64.4 Å². The van der Waals surface area contributed by atoms with Crippen molar-refractivity contribution in [2.75, 3.05) is 17.7 Å². The van der Waals surface area contributed by atoms with Gasteiger partial charge in [0.2, 0.25) is 5.91 Å². The Morgan fingerprint density at radius 3 is 2.67 bits per heavy atom. The molecule has 1 aromatic heterocycles. The predicted octanol–water partition coefficient (Wildman–Crippen LogP) is 4.96. The number of rotatable bonds is 9. The fourth-order valence-corrected chi connectivity index (χ4v) is 3.92. The van der Waals surface area contributed by atoms with Crippen LogP contribution in [0.15, 0.2) is 58.5 Å². The van der Waals surface area contributed by atoms with Crippen molar-refractivity contribution in [2.24, 2.45) is 0 Å². The summed E-state index contributed by atoms with van der Waals surface area (Å²) in [6.07, 6.45) is -3.84. The minimum Gasteiger partial charge on any atom is -0.379 e. The Bertz CT molecular complexity index is 1180. The smallest absolute Gasteiger partial charge is 0.379 e. The minimum absolute atomic E-state index is 0.0464. The summed E-state index contributed by atoms with van der Waals surface area (Å²) in [5.41, 5.74) is -0.504. The maximum atomic E-state index is 13.0. The molecule has 2 aromatic carbocycles. The molecule has 0 unspecified atom stereocenters. The van der Waals surface area contributed by atoms with E-state index in [0.717, 1.165) is 23.9 Å². The largest absolute Gasteiger partial charge is 0.416 e. The highest BCUT2D eigenvalue weighted by Gasteiger charge is 2.30. The second-order valence-corrected chi connectivity index (χ2v) is 8.50. The van der Waals surface area contributed by atoms with E-state index < -0.39 is 17.6 Å². The van der Waals surface area contributed by atoms with Gasteiger partial charge in [-0.3, -0.25) is 14.2 Å². The van der Waals surface area contributed by atoms with Crippen molar-refractivity contribution in [2.45, 2.75) is 44.2 Å². The average Bonchev–Trinajstić information content (AvgIpc) is 2.76. The number of nitrogens with one attached hydrogen (secondary N) is 1. The highest BCUT2D eigenvalue weighted by atomic mass is 32.2. The Hall–Kier alpha value is -2.85. The van der Waals surface area contributed by atoms with Gasteiger partial charge in [0.05, 0.1) is 28.3 Å². The van der Waals surface area contributed by atoms with E-state index in [2.05, 4.69) is 10.3 Å². The summed E-state index contributed by atoms with van der Waals surface area (Å²) >= 11 is 1.05. The first-order chi connectivity index (χ1) is 15.6. The summed E-state index contributed by atoms with van der Waals surface area (Å²) in [6.45, 7) is 4.68. The lowest BCUT2D eigenvalue weighted by Gasteiger charge is -2.14. The van der Waals surface area contributed by atoms with Crippen LogP contribution in [0.5, 0.6) is 0 Å². The van der Waals surface area contributed by atoms with Crippen LogP contribution in [0.25, 0.3) is 10.9 Å². The lowest BCUT2D eigenvalue weighted by molar-refractivity contribution is -0.137. The summed E-state index contributed by atoms with van der Waals surface area (Å²) in [5.74, 6) is -0.625. The van der Waals surface area contributed by atoms with Crippen molar-refractivity contribution in [3.8, 4) is 0 Å². The zero-order valence-electron chi connectivity index (χ0n) is 18.2. The summed E-state index contributed by atoms with van der Waals surface area (Å²) < 4.78 is 45.7. The van der Waals surface area contributed by atoms with Gasteiger partial charge in [0.25, 0.3) is 5.56 Å². The van der Waals surface area contributed by atoms with Gasteiger partial charge in [-0.2, -0.15) is 13.2 Å². The van der Waals surface area contributed by atoms with E-state index in [1.807, 2.05) is 13.8 Å². The zero-order valence-corrected chi connectivity index (χ0v) is 19.0. The van der Waals surface area contributed by atoms with E-state index in [-0.39, 0.29) is 23.1 Å². The van der Waals surface area contributed by atoms with Crippen molar-refractivity contribution in [3.63, 3.8) is 0 Å². The average molecular weight is 480 g/mol. The van der Waals surface area contributed by atoms with Crippen molar-refractivity contribution >= 4 is 34.3 Å². The van der Waals surface area contributed by atoms with E-state index in [4.69, 9.17) is 4.74 Å². The molecule has 0 saturated heterocycles. The number of amides is 1. The molecule has 0 fully saturated rings. The van der Waals surface area contributed by atoms with Gasteiger partial charge in [-0.05, 0) is 50.6 Å². The van der Waals surface area contributed by atoms with Crippen LogP contribution < -0.4 is 10.9 Å². The van der Waals surface area contributed by atoms with Gasteiger partial charge in [0.15, 0.2) is 5.16 Å². The number of hydrogen-bond acceptors (Lipinski definition) is 5. The van der Waals surface area contributed by atoms with Crippen LogP contribution in [0, 0.1) is 0 Å². The molecular weight excluding hydrogens is 455 g/mol. The Balaban J connectivity index is 1.75. The first-order valence-electron chi connectivity index (χ1n) is 10.4. The first kappa shape index (κ1) is 24.8. The number of alkyl halides is 3. The number of fused-ring (bicyclic) bond motifs is 1. The maximum absolute atomic E-state index is 13.0. The number of para-hydroxylation sites is 1. The molecule has 176 valence electrons. The summed E-state index contributed by atoms with van der Waals surface area (Å²) in [4.78, 5) is 29.9. The topological polar surface area (TPSA) is 73.2 Å². The quantitative estimate of drug-likeness (QED) is 0.267. The van der Waals surface area contributed by atoms with Crippen molar-refractivity contribution < 1.29 is 22.7 Å². The minimum atomic E-state index is -4.50. The zero-order chi connectivity index (χ0) is 24.0. The van der Waals surface area contributed by atoms with Crippen LogP contribution in [0.3, 0.4) is 0 Å². The summed E-state index contributed by atoms with van der Waals surface area (Å²) in [5, 5.41) is 3.30. The number of ether oxygens (including phenoxy) is 1. The maximum Gasteiger partial charge on any atom is 0.416 e. The van der Waals surface area contributed by atoms with Crippen LogP contribution in [-0.2, 0) is 22.3 Å². The molecule has 10 heteroatoms. The molecule has 0 aliphatic heterocycles. The fourth-order valence-electron chi connectivity index (χ4n) is 3.10. The molecule has 1 amide bonds. The van der Waals surface area contributed by atoms with Gasteiger partial charge >= 0.3 is 6.18 Å². The number of carbonyl (C=O) groups excluding carboxylic acids is 1. The Kier molecular flexibility index (Phi) is 8.15. The SMILES string of the molecule is CC(C)OCCCn1c(SCC(=O)Nc2cccc(C(F)(F)F)c2)nc2ccccc2c1=O. The van der Waals surface area contributed by atoms with E-state index in [1.165, 1.54) is 16.7 Å². The van der Waals surface area contributed by atoms with Crippen LogP contribution in [0.1, 0.15) is 25.8 Å². The standard InChI is InChI=1S/C23H24F3N3O3S/c1-15(2)32-12-6-11-29-21(31)18-9-3-4-10-19(18)28-22(29)33-14-20(30)27-17-8-5-7-16(13-17)23(24,25)26/h3-5,7-10,13,15H,6,11-12,14H2,1-2H3,(H,27,30). The monoisotopic (exact) mass is 479 g/mol. The number of nitrogens with zero attached hydrogens (tertiary/aromatic N) is 2. The Morgan fingerprint density at radius 2 is 1.94 bits per heavy atom. The van der Waals surface area contributed by atoms with E-state index in [0.29, 0.717) is 35.6 Å². The first-order valence-corrected chi connectivity index (χ1v) is 11.3. The molecule has 0 bridgehead atoms. The number of halogens is 3. The van der Waals surface area contributed by atoms with E-state index in [9.17, 15) is 22.8 Å². The normalized spacial score (nSPS) is 11.8. The highest BCUT2D eigenvalue weighted by Crippen LogP contribution is 2.30. The molecule has 3 rings (SSSR count). The van der Waals surface area contributed by atoms with Crippen molar-refractivity contribution in [1.29, 1.82) is 0 Å². The van der Waals surface area contributed by atoms with E-state index in [1.54, 1.807) is 24.3 Å². The second-order valence-electron chi connectivity index (χ2n) is 7.56. The van der Waals surface area contributed by atoms with Crippen LogP contribution in [0.2, 0.25) is 0 Å². The van der Waals surface area contributed by atoms with Gasteiger partial charge in [-0.1, -0.05) is 30.0 Å². The molecular formula is C23H24F3N3O3S. The van der Waals surface area contributed by atoms with Gasteiger partial charge in [0, 0.05) is 18.8 Å². The number of thioether (sulfide) groups is 1. The van der Waals surface area contributed by atoms with E-state index >= 15 is 0 Å². The molecule has 6 nitrogen and oxygen atoms in total. The van der Waals surface area contributed by atoms with Gasteiger partial charge < -0.3 is 10.1 Å². The summed E-state index contributed by atoms with van der Waals surface area (Å²) in [6, 6.07) is 11.4. The number of carbonyl (C=O) groups is 1. The molecule has 3 aromatic rings.